The molecule has 1 N–H and O–H groups in total. The van der Waals surface area contributed by atoms with Crippen LogP contribution in [0.25, 0.3) is 10.2 Å². The third-order valence-corrected chi connectivity index (χ3v) is 6.08. The molecule has 3 heterocycles. The Balaban J connectivity index is 1.44. The van der Waals surface area contributed by atoms with Crippen LogP contribution in [0.15, 0.2) is 24.4 Å². The Hall–Kier alpha value is -2.81. The van der Waals surface area contributed by atoms with Crippen LogP contribution in [0.5, 0.6) is 11.5 Å². The van der Waals surface area contributed by atoms with Crippen molar-refractivity contribution in [2.45, 2.75) is 18.9 Å². The van der Waals surface area contributed by atoms with Gasteiger partial charge < -0.3 is 19.7 Å². The van der Waals surface area contributed by atoms with Gasteiger partial charge in [0, 0.05) is 32.4 Å². The van der Waals surface area contributed by atoms with E-state index in [9.17, 15) is 4.79 Å². The number of aryl methyl sites for hydroxylation is 1. The molecule has 1 aliphatic heterocycles. The molecular formula is C19H23N5O3S. The summed E-state index contributed by atoms with van der Waals surface area (Å²) in [6.45, 7) is 1.66. The van der Waals surface area contributed by atoms with E-state index in [1.54, 1.807) is 49.5 Å². The lowest BCUT2D eigenvalue weighted by atomic mass is 10.1. The number of anilines is 1. The SMILES string of the molecule is COc1ccc(OC)c2sc(N3CCC(NC(=O)c4ccn(C)n4)CC3)nc12. The van der Waals surface area contributed by atoms with Gasteiger partial charge in [-0.3, -0.25) is 9.48 Å². The number of methoxy groups -OCH3 is 2. The summed E-state index contributed by atoms with van der Waals surface area (Å²) in [4.78, 5) is 19.3. The Labute approximate surface area is 167 Å². The van der Waals surface area contributed by atoms with Crippen LogP contribution in [0, 0.1) is 0 Å². The summed E-state index contributed by atoms with van der Waals surface area (Å²) in [5.41, 5.74) is 1.28. The highest BCUT2D eigenvalue weighted by Gasteiger charge is 2.25. The van der Waals surface area contributed by atoms with E-state index in [1.165, 1.54) is 0 Å². The van der Waals surface area contributed by atoms with Gasteiger partial charge in [-0.1, -0.05) is 11.3 Å². The van der Waals surface area contributed by atoms with Crippen molar-refractivity contribution in [3.8, 4) is 11.5 Å². The Kier molecular flexibility index (Phi) is 5.08. The molecule has 28 heavy (non-hydrogen) atoms. The third kappa shape index (κ3) is 3.49. The molecule has 8 nitrogen and oxygen atoms in total. The molecule has 0 bridgehead atoms. The summed E-state index contributed by atoms with van der Waals surface area (Å²) in [6.07, 6.45) is 3.50. The molecule has 2 aromatic heterocycles. The summed E-state index contributed by atoms with van der Waals surface area (Å²) in [5, 5.41) is 8.19. The minimum atomic E-state index is -0.117. The molecule has 3 aromatic rings. The quantitative estimate of drug-likeness (QED) is 0.707. The smallest absolute Gasteiger partial charge is 0.271 e. The predicted molar refractivity (Wildman–Crippen MR) is 109 cm³/mol. The summed E-state index contributed by atoms with van der Waals surface area (Å²) in [6, 6.07) is 5.66. The highest BCUT2D eigenvalue weighted by Crippen LogP contribution is 2.40. The average molecular weight is 401 g/mol. The number of carbonyl (C=O) groups is 1. The molecule has 1 aliphatic rings. The maximum absolute atomic E-state index is 12.3. The summed E-state index contributed by atoms with van der Waals surface area (Å²) >= 11 is 1.61. The highest BCUT2D eigenvalue weighted by atomic mass is 32.1. The Bertz CT molecular complexity index is 950. The van der Waals surface area contributed by atoms with E-state index in [0.29, 0.717) is 5.69 Å². The molecule has 0 spiro atoms. The standard InChI is InChI=1S/C19H23N5O3S/c1-23-9-8-13(22-23)18(25)20-12-6-10-24(11-7-12)19-21-16-14(26-2)4-5-15(27-3)17(16)28-19/h4-5,8-9,12H,6-7,10-11H2,1-3H3,(H,20,25). The molecule has 1 saturated heterocycles. The van der Waals surface area contributed by atoms with Gasteiger partial charge in [0.05, 0.1) is 14.2 Å². The maximum Gasteiger partial charge on any atom is 0.271 e. The van der Waals surface area contributed by atoms with Gasteiger partial charge in [-0.05, 0) is 31.0 Å². The average Bonchev–Trinajstić information content (AvgIpc) is 3.34. The van der Waals surface area contributed by atoms with Crippen LogP contribution in [0.1, 0.15) is 23.3 Å². The molecule has 0 radical (unpaired) electrons. The molecule has 148 valence electrons. The van der Waals surface area contributed by atoms with Gasteiger partial charge in [0.15, 0.2) is 5.13 Å². The Morgan fingerprint density at radius 2 is 1.89 bits per heavy atom. The molecule has 0 unspecified atom stereocenters. The lowest BCUT2D eigenvalue weighted by Crippen LogP contribution is -2.44. The van der Waals surface area contributed by atoms with Gasteiger partial charge in [0.25, 0.3) is 5.91 Å². The van der Waals surface area contributed by atoms with Crippen molar-refractivity contribution in [2.24, 2.45) is 7.05 Å². The number of amides is 1. The number of hydrogen-bond acceptors (Lipinski definition) is 7. The highest BCUT2D eigenvalue weighted by molar-refractivity contribution is 7.22. The second-order valence-electron chi connectivity index (χ2n) is 6.75. The number of nitrogens with one attached hydrogen (secondary N) is 1. The minimum Gasteiger partial charge on any atom is -0.495 e. The Morgan fingerprint density at radius 3 is 2.54 bits per heavy atom. The number of fused-ring (bicyclic) bond motifs is 1. The molecule has 9 heteroatoms. The van der Waals surface area contributed by atoms with Crippen LogP contribution in [0.4, 0.5) is 5.13 Å². The van der Waals surface area contributed by atoms with Crippen molar-refractivity contribution < 1.29 is 14.3 Å². The number of thiazole rings is 1. The van der Waals surface area contributed by atoms with Gasteiger partial charge in [-0.25, -0.2) is 4.98 Å². The van der Waals surface area contributed by atoms with Crippen molar-refractivity contribution >= 4 is 32.6 Å². The molecule has 0 aliphatic carbocycles. The predicted octanol–water partition coefficient (Wildman–Crippen LogP) is 2.45. The van der Waals surface area contributed by atoms with E-state index < -0.39 is 0 Å². The van der Waals surface area contributed by atoms with E-state index in [2.05, 4.69) is 15.3 Å². The summed E-state index contributed by atoms with van der Waals surface area (Å²) in [7, 11) is 5.11. The number of hydrogen-bond donors (Lipinski definition) is 1. The number of rotatable bonds is 5. The third-order valence-electron chi connectivity index (χ3n) is 4.95. The first-order chi connectivity index (χ1) is 13.6. The van der Waals surface area contributed by atoms with Crippen molar-refractivity contribution in [1.82, 2.24) is 20.1 Å². The van der Waals surface area contributed by atoms with Gasteiger partial charge in [0.2, 0.25) is 0 Å². The largest absolute Gasteiger partial charge is 0.495 e. The monoisotopic (exact) mass is 401 g/mol. The molecule has 0 atom stereocenters. The normalized spacial score (nSPS) is 15.0. The Morgan fingerprint density at radius 1 is 1.18 bits per heavy atom. The number of aromatic nitrogens is 3. The molecule has 1 fully saturated rings. The fourth-order valence-corrected chi connectivity index (χ4v) is 4.55. The molecule has 1 aromatic carbocycles. The number of carbonyl (C=O) groups excluding carboxylic acids is 1. The van der Waals surface area contributed by atoms with Crippen LogP contribution >= 0.6 is 11.3 Å². The van der Waals surface area contributed by atoms with E-state index in [1.807, 2.05) is 12.1 Å². The molecule has 0 saturated carbocycles. The van der Waals surface area contributed by atoms with E-state index in [0.717, 1.165) is 52.8 Å². The van der Waals surface area contributed by atoms with Gasteiger partial charge in [-0.2, -0.15) is 5.10 Å². The first kappa shape index (κ1) is 18.5. The topological polar surface area (TPSA) is 81.5 Å². The zero-order valence-corrected chi connectivity index (χ0v) is 17.0. The fraction of sp³-hybridized carbons (Fsp3) is 0.421. The lowest BCUT2D eigenvalue weighted by molar-refractivity contribution is 0.0925. The van der Waals surface area contributed by atoms with Crippen molar-refractivity contribution in [1.29, 1.82) is 0 Å². The van der Waals surface area contributed by atoms with Gasteiger partial charge in [0.1, 0.15) is 27.4 Å². The van der Waals surface area contributed by atoms with Crippen molar-refractivity contribution in [3.63, 3.8) is 0 Å². The van der Waals surface area contributed by atoms with E-state index >= 15 is 0 Å². The number of benzene rings is 1. The zero-order chi connectivity index (χ0) is 19.7. The molecule has 1 amide bonds. The minimum absolute atomic E-state index is 0.117. The second-order valence-corrected chi connectivity index (χ2v) is 7.73. The lowest BCUT2D eigenvalue weighted by Gasteiger charge is -2.31. The van der Waals surface area contributed by atoms with Gasteiger partial charge in [-0.15, -0.1) is 0 Å². The number of nitrogens with zero attached hydrogens (tertiary/aromatic N) is 4. The van der Waals surface area contributed by atoms with Crippen LogP contribution in [0.3, 0.4) is 0 Å². The van der Waals surface area contributed by atoms with Crippen LogP contribution < -0.4 is 19.7 Å². The number of piperidine rings is 1. The second kappa shape index (κ2) is 7.67. The van der Waals surface area contributed by atoms with Crippen LogP contribution in [-0.2, 0) is 7.05 Å². The zero-order valence-electron chi connectivity index (χ0n) is 16.1. The first-order valence-electron chi connectivity index (χ1n) is 9.16. The summed E-state index contributed by atoms with van der Waals surface area (Å²) in [5.74, 6) is 1.43. The number of ether oxygens (including phenoxy) is 2. The fourth-order valence-electron chi connectivity index (χ4n) is 3.42. The molecular weight excluding hydrogens is 378 g/mol. The van der Waals surface area contributed by atoms with E-state index in [4.69, 9.17) is 14.5 Å². The van der Waals surface area contributed by atoms with Crippen LogP contribution in [0.2, 0.25) is 0 Å². The molecule has 4 rings (SSSR count). The van der Waals surface area contributed by atoms with Crippen LogP contribution in [-0.4, -0.2) is 54.0 Å². The summed E-state index contributed by atoms with van der Waals surface area (Å²) < 4.78 is 13.5. The maximum atomic E-state index is 12.3. The first-order valence-corrected chi connectivity index (χ1v) is 9.97. The van der Waals surface area contributed by atoms with Crippen molar-refractivity contribution in [2.75, 3.05) is 32.2 Å². The van der Waals surface area contributed by atoms with Gasteiger partial charge >= 0.3 is 0 Å². The van der Waals surface area contributed by atoms with E-state index in [-0.39, 0.29) is 11.9 Å². The van der Waals surface area contributed by atoms with Crippen molar-refractivity contribution in [3.05, 3.63) is 30.1 Å².